The normalized spacial score (nSPS) is 22.9. The van der Waals surface area contributed by atoms with E-state index in [1.807, 2.05) is 36.4 Å². The number of nitrogens with zero attached hydrogens (tertiary/aromatic N) is 1. The Bertz CT molecular complexity index is 1170. The molecule has 3 aromatic rings. The number of thioether (sulfide) groups is 1. The van der Waals surface area contributed by atoms with Gasteiger partial charge in [-0.2, -0.15) is 0 Å². The van der Waals surface area contributed by atoms with Gasteiger partial charge in [-0.1, -0.05) is 31.2 Å². The highest BCUT2D eigenvalue weighted by atomic mass is 32.2. The third kappa shape index (κ3) is 5.07. The molecule has 3 aromatic carbocycles. The quantitative estimate of drug-likeness (QED) is 0.418. The Morgan fingerprint density at radius 1 is 1.06 bits per heavy atom. The van der Waals surface area contributed by atoms with Crippen molar-refractivity contribution in [2.45, 2.75) is 42.6 Å². The number of benzene rings is 3. The lowest BCUT2D eigenvalue weighted by Gasteiger charge is -2.34. The van der Waals surface area contributed by atoms with E-state index in [1.165, 1.54) is 24.2 Å². The topological polar surface area (TPSA) is 62.2 Å². The van der Waals surface area contributed by atoms with Crippen LogP contribution in [0.4, 0.5) is 4.39 Å². The van der Waals surface area contributed by atoms with Gasteiger partial charge in [-0.3, -0.25) is 4.90 Å². The van der Waals surface area contributed by atoms with Gasteiger partial charge in [-0.15, -0.1) is 11.8 Å². The van der Waals surface area contributed by atoms with E-state index >= 15 is 0 Å². The van der Waals surface area contributed by atoms with E-state index in [4.69, 9.17) is 9.47 Å². The molecule has 0 spiro atoms. The van der Waals surface area contributed by atoms with Crippen LogP contribution in [0.15, 0.2) is 65.6 Å². The van der Waals surface area contributed by atoms with E-state index in [-0.39, 0.29) is 22.0 Å². The fraction of sp³-hybridized carbons (Fsp3) is 0.357. The number of fused-ring (bicyclic) bond motifs is 1. The maximum atomic E-state index is 14.7. The summed E-state index contributed by atoms with van der Waals surface area (Å²) in [6, 6.07) is 18.0. The molecule has 0 radical (unpaired) electrons. The molecule has 0 bridgehead atoms. The Kier molecular flexibility index (Phi) is 6.80. The third-order valence-corrected chi connectivity index (χ3v) is 8.20. The highest BCUT2D eigenvalue weighted by molar-refractivity contribution is 7.99. The number of phenols is 2. The van der Waals surface area contributed by atoms with E-state index in [2.05, 4.69) is 18.7 Å². The maximum absolute atomic E-state index is 14.7. The first-order chi connectivity index (χ1) is 16.9. The van der Waals surface area contributed by atoms with Crippen molar-refractivity contribution in [2.75, 3.05) is 19.7 Å². The highest BCUT2D eigenvalue weighted by Crippen LogP contribution is 2.55. The zero-order valence-corrected chi connectivity index (χ0v) is 20.7. The molecule has 0 aliphatic carbocycles. The molecule has 4 unspecified atom stereocenters. The molecule has 1 fully saturated rings. The number of phenolic OH excluding ortho intramolecular Hbond substituents is 2. The molecule has 2 aliphatic heterocycles. The van der Waals surface area contributed by atoms with Crippen LogP contribution in [0.1, 0.15) is 42.7 Å². The fourth-order valence-electron chi connectivity index (χ4n) is 4.71. The highest BCUT2D eigenvalue weighted by Gasteiger charge is 2.35. The predicted octanol–water partition coefficient (Wildman–Crippen LogP) is 6.31. The molecule has 35 heavy (non-hydrogen) atoms. The summed E-state index contributed by atoms with van der Waals surface area (Å²) in [4.78, 5) is 2.76. The molecule has 2 N–H and O–H groups in total. The van der Waals surface area contributed by atoms with Gasteiger partial charge < -0.3 is 19.7 Å². The van der Waals surface area contributed by atoms with Gasteiger partial charge in [0.25, 0.3) is 0 Å². The number of hydrogen-bond acceptors (Lipinski definition) is 6. The van der Waals surface area contributed by atoms with Crippen molar-refractivity contribution in [1.82, 2.24) is 4.90 Å². The van der Waals surface area contributed by atoms with Crippen molar-refractivity contribution < 1.29 is 24.1 Å². The largest absolute Gasteiger partial charge is 0.508 e. The van der Waals surface area contributed by atoms with Crippen LogP contribution in [0.25, 0.3) is 0 Å². The molecule has 4 atom stereocenters. The van der Waals surface area contributed by atoms with Crippen LogP contribution in [0.2, 0.25) is 0 Å². The molecule has 0 saturated carbocycles. The van der Waals surface area contributed by atoms with Crippen LogP contribution in [-0.2, 0) is 0 Å². The van der Waals surface area contributed by atoms with Gasteiger partial charge in [-0.05, 0) is 73.3 Å². The van der Waals surface area contributed by atoms with E-state index in [1.54, 1.807) is 18.2 Å². The summed E-state index contributed by atoms with van der Waals surface area (Å²) in [7, 11) is 0. The standard InChI is InChI=1S/C28H30FNO4S/c1-17-13-14-30(15-17)18(2)16-33-22-9-5-19(6-10-22)26-27(20-3-7-21(31)8-4-20)35-28-24(34-26)12-11-23(32)25(28)29/h3-12,17-18,26-27,31-32H,13-16H2,1-2H3. The lowest BCUT2D eigenvalue weighted by Crippen LogP contribution is -2.35. The van der Waals surface area contributed by atoms with Crippen LogP contribution in [0.3, 0.4) is 0 Å². The molecule has 5 rings (SSSR count). The van der Waals surface area contributed by atoms with Crippen LogP contribution in [0.5, 0.6) is 23.0 Å². The Labute approximate surface area is 209 Å². The number of halogens is 1. The average molecular weight is 496 g/mol. The Morgan fingerprint density at radius 2 is 1.77 bits per heavy atom. The Balaban J connectivity index is 1.36. The van der Waals surface area contributed by atoms with Crippen molar-refractivity contribution in [2.24, 2.45) is 5.92 Å². The molecular weight excluding hydrogens is 465 g/mol. The van der Waals surface area contributed by atoms with E-state index in [0.717, 1.165) is 35.9 Å². The van der Waals surface area contributed by atoms with Gasteiger partial charge >= 0.3 is 0 Å². The molecule has 2 aliphatic rings. The monoisotopic (exact) mass is 495 g/mol. The summed E-state index contributed by atoms with van der Waals surface area (Å²) in [5, 5.41) is 19.3. The fourth-order valence-corrected chi connectivity index (χ4v) is 6.04. The second-order valence-electron chi connectivity index (χ2n) is 9.51. The minimum Gasteiger partial charge on any atom is -0.508 e. The van der Waals surface area contributed by atoms with Crippen LogP contribution in [0, 0.1) is 11.7 Å². The van der Waals surface area contributed by atoms with Crippen molar-refractivity contribution in [3.8, 4) is 23.0 Å². The van der Waals surface area contributed by atoms with Crippen molar-refractivity contribution >= 4 is 11.8 Å². The first-order valence-corrected chi connectivity index (χ1v) is 12.9. The van der Waals surface area contributed by atoms with E-state index < -0.39 is 11.6 Å². The van der Waals surface area contributed by atoms with Crippen LogP contribution >= 0.6 is 11.8 Å². The van der Waals surface area contributed by atoms with E-state index in [0.29, 0.717) is 18.4 Å². The third-order valence-electron chi connectivity index (χ3n) is 6.81. The first-order valence-electron chi connectivity index (χ1n) is 12.0. The molecule has 1 saturated heterocycles. The maximum Gasteiger partial charge on any atom is 0.182 e. The van der Waals surface area contributed by atoms with Gasteiger partial charge in [0, 0.05) is 12.6 Å². The van der Waals surface area contributed by atoms with Crippen molar-refractivity contribution in [3.05, 3.63) is 77.6 Å². The molecule has 5 nitrogen and oxygen atoms in total. The van der Waals surface area contributed by atoms with Gasteiger partial charge in [0.15, 0.2) is 11.6 Å². The first kappa shape index (κ1) is 23.8. The van der Waals surface area contributed by atoms with Gasteiger partial charge in [0.1, 0.15) is 30.0 Å². The predicted molar refractivity (Wildman–Crippen MR) is 135 cm³/mol. The number of likely N-dealkylation sites (tertiary alicyclic amines) is 1. The average Bonchev–Trinajstić information content (AvgIpc) is 3.31. The zero-order chi connectivity index (χ0) is 24.5. The molecule has 0 amide bonds. The number of aromatic hydroxyl groups is 2. The lowest BCUT2D eigenvalue weighted by atomic mass is 10.00. The molecule has 7 heteroatoms. The molecule has 2 heterocycles. The lowest BCUT2D eigenvalue weighted by molar-refractivity contribution is 0.168. The van der Waals surface area contributed by atoms with Gasteiger partial charge in [0.05, 0.1) is 10.1 Å². The van der Waals surface area contributed by atoms with Crippen molar-refractivity contribution in [1.29, 1.82) is 0 Å². The van der Waals surface area contributed by atoms with Gasteiger partial charge in [-0.25, -0.2) is 4.39 Å². The Morgan fingerprint density at radius 3 is 2.46 bits per heavy atom. The van der Waals surface area contributed by atoms with Crippen LogP contribution in [-0.4, -0.2) is 40.9 Å². The van der Waals surface area contributed by atoms with Crippen molar-refractivity contribution in [3.63, 3.8) is 0 Å². The number of hydrogen-bond donors (Lipinski definition) is 2. The minimum atomic E-state index is -0.681. The summed E-state index contributed by atoms with van der Waals surface area (Å²) >= 11 is 1.31. The minimum absolute atomic E-state index is 0.162. The Hall–Kier alpha value is -2.90. The second-order valence-corrected chi connectivity index (χ2v) is 10.7. The van der Waals surface area contributed by atoms with Gasteiger partial charge in [0.2, 0.25) is 0 Å². The smallest absolute Gasteiger partial charge is 0.182 e. The molecule has 0 aromatic heterocycles. The van der Waals surface area contributed by atoms with E-state index in [9.17, 15) is 14.6 Å². The number of ether oxygens (including phenoxy) is 2. The summed E-state index contributed by atoms with van der Waals surface area (Å²) in [5.74, 6) is 1.03. The molecular formula is C28H30FNO4S. The summed E-state index contributed by atoms with van der Waals surface area (Å²) in [6.07, 6.45) is 0.854. The van der Waals surface area contributed by atoms with Crippen LogP contribution < -0.4 is 9.47 Å². The SMILES string of the molecule is CC1CCN(C(C)COc2ccc(C3Oc4ccc(O)c(F)c4SC3c3ccc(O)cc3)cc2)C1. The summed E-state index contributed by atoms with van der Waals surface area (Å²) < 4.78 is 27.1. The zero-order valence-electron chi connectivity index (χ0n) is 19.9. The summed E-state index contributed by atoms with van der Waals surface area (Å²) in [6.45, 7) is 7.38. The second kappa shape index (κ2) is 9.99. The summed E-state index contributed by atoms with van der Waals surface area (Å²) in [5.41, 5.74) is 1.82. The number of rotatable bonds is 6. The molecule has 184 valence electrons.